The Morgan fingerprint density at radius 2 is 2.00 bits per heavy atom. The highest BCUT2D eigenvalue weighted by atomic mass is 35.5. The summed E-state index contributed by atoms with van der Waals surface area (Å²) in [5.74, 6) is 0.446. The van der Waals surface area contributed by atoms with Crippen molar-refractivity contribution in [3.05, 3.63) is 28.8 Å². The Bertz CT molecular complexity index is 368. The summed E-state index contributed by atoms with van der Waals surface area (Å²) >= 11 is 5.87. The Hall–Kier alpha value is -0.940. The lowest BCUT2D eigenvalue weighted by atomic mass is 10.2. The minimum Gasteiger partial charge on any atom is -0.493 e. The first-order valence-electron chi connectivity index (χ1n) is 5.11. The molecule has 0 bridgehead atoms. The molecule has 0 atom stereocenters. The molecule has 0 aliphatic heterocycles. The molecular formula is C11H13ClF3NO. The summed E-state index contributed by atoms with van der Waals surface area (Å²) in [6.45, 7) is 0.182. The van der Waals surface area contributed by atoms with Gasteiger partial charge in [0.15, 0.2) is 0 Å². The van der Waals surface area contributed by atoms with E-state index in [4.69, 9.17) is 22.1 Å². The number of alkyl halides is 3. The van der Waals surface area contributed by atoms with E-state index in [1.807, 2.05) is 0 Å². The summed E-state index contributed by atoms with van der Waals surface area (Å²) in [5.41, 5.74) is 6.09. The number of hydrogen-bond acceptors (Lipinski definition) is 2. The van der Waals surface area contributed by atoms with Gasteiger partial charge in [-0.3, -0.25) is 0 Å². The van der Waals surface area contributed by atoms with Gasteiger partial charge in [0, 0.05) is 23.6 Å². The standard InChI is InChI=1S/C11H13ClF3NO/c12-9-3-1-4-10(8(9)7-16)17-6-2-5-11(13,14)15/h1,3-4H,2,5-7,16H2. The van der Waals surface area contributed by atoms with Crippen LogP contribution in [-0.4, -0.2) is 12.8 Å². The fraction of sp³-hybridized carbons (Fsp3) is 0.455. The molecule has 0 saturated heterocycles. The van der Waals surface area contributed by atoms with E-state index in [-0.39, 0.29) is 19.6 Å². The molecule has 0 aromatic heterocycles. The minimum absolute atomic E-state index is 0.00709. The first-order valence-corrected chi connectivity index (χ1v) is 5.49. The second kappa shape index (κ2) is 6.12. The van der Waals surface area contributed by atoms with Crippen LogP contribution < -0.4 is 10.5 Å². The predicted molar refractivity (Wildman–Crippen MR) is 60.1 cm³/mol. The van der Waals surface area contributed by atoms with Crippen LogP contribution in [0.4, 0.5) is 13.2 Å². The predicted octanol–water partition coefficient (Wildman–Crippen LogP) is 3.52. The van der Waals surface area contributed by atoms with Gasteiger partial charge in [0.05, 0.1) is 6.61 Å². The zero-order valence-corrected chi connectivity index (χ0v) is 9.81. The zero-order valence-electron chi connectivity index (χ0n) is 9.06. The normalized spacial score (nSPS) is 11.6. The van der Waals surface area contributed by atoms with Gasteiger partial charge in [-0.1, -0.05) is 17.7 Å². The van der Waals surface area contributed by atoms with Crippen molar-refractivity contribution in [2.24, 2.45) is 5.73 Å². The van der Waals surface area contributed by atoms with E-state index >= 15 is 0 Å². The van der Waals surface area contributed by atoms with Crippen molar-refractivity contribution in [2.45, 2.75) is 25.6 Å². The van der Waals surface area contributed by atoms with Crippen LogP contribution in [0.1, 0.15) is 18.4 Å². The molecule has 1 aromatic carbocycles. The van der Waals surface area contributed by atoms with Crippen molar-refractivity contribution in [3.8, 4) is 5.75 Å². The Labute approximate surface area is 103 Å². The molecule has 0 aliphatic rings. The van der Waals surface area contributed by atoms with Gasteiger partial charge in [-0.05, 0) is 18.6 Å². The van der Waals surface area contributed by atoms with Crippen LogP contribution in [0.25, 0.3) is 0 Å². The maximum Gasteiger partial charge on any atom is 0.389 e. The average molecular weight is 268 g/mol. The van der Waals surface area contributed by atoms with E-state index in [2.05, 4.69) is 0 Å². The minimum atomic E-state index is -4.14. The third kappa shape index (κ3) is 4.83. The van der Waals surface area contributed by atoms with Crippen LogP contribution in [-0.2, 0) is 6.54 Å². The highest BCUT2D eigenvalue weighted by Crippen LogP contribution is 2.26. The van der Waals surface area contributed by atoms with Crippen molar-refractivity contribution >= 4 is 11.6 Å². The molecule has 0 radical (unpaired) electrons. The Morgan fingerprint density at radius 3 is 2.59 bits per heavy atom. The number of hydrogen-bond donors (Lipinski definition) is 1. The van der Waals surface area contributed by atoms with Gasteiger partial charge >= 0.3 is 6.18 Å². The maximum atomic E-state index is 11.9. The molecule has 96 valence electrons. The van der Waals surface area contributed by atoms with Crippen molar-refractivity contribution in [2.75, 3.05) is 6.61 Å². The van der Waals surface area contributed by atoms with Crippen molar-refractivity contribution in [3.63, 3.8) is 0 Å². The lowest BCUT2D eigenvalue weighted by Crippen LogP contribution is -2.10. The number of benzene rings is 1. The maximum absolute atomic E-state index is 11.9. The lowest BCUT2D eigenvalue weighted by Gasteiger charge is -2.12. The van der Waals surface area contributed by atoms with Gasteiger partial charge in [0.1, 0.15) is 5.75 Å². The number of nitrogens with two attached hydrogens (primary N) is 1. The van der Waals surface area contributed by atoms with E-state index in [1.165, 1.54) is 0 Å². The highest BCUT2D eigenvalue weighted by Gasteiger charge is 2.26. The van der Waals surface area contributed by atoms with Gasteiger partial charge in [-0.2, -0.15) is 13.2 Å². The fourth-order valence-corrected chi connectivity index (χ4v) is 1.57. The molecule has 0 saturated carbocycles. The monoisotopic (exact) mass is 267 g/mol. The van der Waals surface area contributed by atoms with Gasteiger partial charge in [0.2, 0.25) is 0 Å². The first kappa shape index (κ1) is 14.1. The SMILES string of the molecule is NCc1c(Cl)cccc1OCCCC(F)(F)F. The molecule has 0 spiro atoms. The third-order valence-corrected chi connectivity index (χ3v) is 2.50. The molecule has 2 nitrogen and oxygen atoms in total. The van der Waals surface area contributed by atoms with Crippen molar-refractivity contribution < 1.29 is 17.9 Å². The topological polar surface area (TPSA) is 35.2 Å². The molecule has 0 heterocycles. The molecule has 17 heavy (non-hydrogen) atoms. The van der Waals surface area contributed by atoms with E-state index in [0.29, 0.717) is 16.3 Å². The van der Waals surface area contributed by atoms with Crippen LogP contribution in [0.3, 0.4) is 0 Å². The Kier molecular flexibility index (Phi) is 5.08. The fourth-order valence-electron chi connectivity index (χ4n) is 1.33. The molecule has 0 aliphatic carbocycles. The molecule has 1 rings (SSSR count). The third-order valence-electron chi connectivity index (χ3n) is 2.14. The second-order valence-electron chi connectivity index (χ2n) is 3.49. The van der Waals surface area contributed by atoms with Crippen molar-refractivity contribution in [1.29, 1.82) is 0 Å². The first-order chi connectivity index (χ1) is 7.94. The summed E-state index contributed by atoms with van der Waals surface area (Å²) < 4.78 is 40.9. The summed E-state index contributed by atoms with van der Waals surface area (Å²) in [7, 11) is 0. The largest absolute Gasteiger partial charge is 0.493 e. The van der Waals surface area contributed by atoms with Crippen LogP contribution in [0.2, 0.25) is 5.02 Å². The van der Waals surface area contributed by atoms with E-state index in [1.54, 1.807) is 18.2 Å². The summed E-state index contributed by atoms with van der Waals surface area (Å²) in [5, 5.41) is 0.459. The molecule has 6 heteroatoms. The van der Waals surface area contributed by atoms with Gasteiger partial charge in [-0.15, -0.1) is 0 Å². The highest BCUT2D eigenvalue weighted by molar-refractivity contribution is 6.31. The molecule has 2 N–H and O–H groups in total. The molecule has 0 amide bonds. The van der Waals surface area contributed by atoms with Crippen LogP contribution >= 0.6 is 11.6 Å². The van der Waals surface area contributed by atoms with Gasteiger partial charge in [-0.25, -0.2) is 0 Å². The molecular weight excluding hydrogens is 255 g/mol. The number of ether oxygens (including phenoxy) is 1. The van der Waals surface area contributed by atoms with E-state index < -0.39 is 12.6 Å². The average Bonchev–Trinajstić information content (AvgIpc) is 2.23. The summed E-state index contributed by atoms with van der Waals surface area (Å²) in [4.78, 5) is 0. The van der Waals surface area contributed by atoms with Gasteiger partial charge < -0.3 is 10.5 Å². The Balaban J connectivity index is 2.49. The molecule has 0 fully saturated rings. The number of halogens is 4. The molecule has 0 unspecified atom stereocenters. The van der Waals surface area contributed by atoms with Crippen molar-refractivity contribution in [1.82, 2.24) is 0 Å². The Morgan fingerprint density at radius 1 is 1.29 bits per heavy atom. The summed E-state index contributed by atoms with van der Waals surface area (Å²) in [6.07, 6.45) is -5.08. The van der Waals surface area contributed by atoms with Crippen LogP contribution in [0, 0.1) is 0 Å². The summed E-state index contributed by atoms with van der Waals surface area (Å²) in [6, 6.07) is 4.97. The quantitative estimate of drug-likeness (QED) is 0.829. The number of rotatable bonds is 5. The zero-order chi connectivity index (χ0) is 12.9. The second-order valence-corrected chi connectivity index (χ2v) is 3.90. The lowest BCUT2D eigenvalue weighted by molar-refractivity contribution is -0.136. The molecule has 1 aromatic rings. The van der Waals surface area contributed by atoms with E-state index in [9.17, 15) is 13.2 Å². The van der Waals surface area contributed by atoms with Gasteiger partial charge in [0.25, 0.3) is 0 Å². The van der Waals surface area contributed by atoms with Crippen LogP contribution in [0.15, 0.2) is 18.2 Å². The van der Waals surface area contributed by atoms with Crippen LogP contribution in [0.5, 0.6) is 5.75 Å². The smallest absolute Gasteiger partial charge is 0.389 e. The van der Waals surface area contributed by atoms with E-state index in [0.717, 1.165) is 0 Å².